The molecular formula is C20H28O2. The highest BCUT2D eigenvalue weighted by atomic mass is 16.5. The van der Waals surface area contributed by atoms with Gasteiger partial charge in [-0.15, -0.1) is 0 Å². The molecule has 2 aromatic carbocycles. The molecule has 0 aliphatic rings. The number of benzene rings is 2. The molecule has 0 fully saturated rings. The number of rotatable bonds is 7. The lowest BCUT2D eigenvalue weighted by Gasteiger charge is -2.07. The van der Waals surface area contributed by atoms with Crippen LogP contribution >= 0.6 is 0 Å². The number of methoxy groups -OCH3 is 1. The van der Waals surface area contributed by atoms with Crippen LogP contribution in [0.3, 0.4) is 0 Å². The largest absolute Gasteiger partial charge is 0.497 e. The monoisotopic (exact) mass is 300 g/mol. The molecule has 2 aromatic rings. The van der Waals surface area contributed by atoms with E-state index < -0.39 is 0 Å². The lowest BCUT2D eigenvalue weighted by Crippen LogP contribution is -1.96. The molecule has 0 N–H and O–H groups in total. The standard InChI is InChI=1S/C18H22O2.C2H6/c1-3-4-5-14-20-18-12-8-16(9-13-18)15-6-10-17(19-2)11-7-15;1-2/h6-13H,3-5,14H2,1-2H3;1-2H3. The molecule has 0 saturated carbocycles. The fraction of sp³-hybridized carbons (Fsp3) is 0.400. The summed E-state index contributed by atoms with van der Waals surface area (Å²) in [5, 5.41) is 0. The van der Waals surface area contributed by atoms with Crippen molar-refractivity contribution in [3.63, 3.8) is 0 Å². The zero-order chi connectivity index (χ0) is 16.2. The van der Waals surface area contributed by atoms with Gasteiger partial charge in [-0.2, -0.15) is 0 Å². The fourth-order valence-corrected chi connectivity index (χ4v) is 2.07. The van der Waals surface area contributed by atoms with Gasteiger partial charge in [-0.3, -0.25) is 0 Å². The summed E-state index contributed by atoms with van der Waals surface area (Å²) in [6.07, 6.45) is 3.57. The molecule has 0 heterocycles. The second-order valence-electron chi connectivity index (χ2n) is 4.81. The predicted molar refractivity (Wildman–Crippen MR) is 94.8 cm³/mol. The van der Waals surface area contributed by atoms with Crippen molar-refractivity contribution in [2.24, 2.45) is 0 Å². The molecule has 2 heteroatoms. The second-order valence-corrected chi connectivity index (χ2v) is 4.81. The predicted octanol–water partition coefficient (Wildman–Crippen LogP) is 5.96. The summed E-state index contributed by atoms with van der Waals surface area (Å²) in [7, 11) is 1.68. The summed E-state index contributed by atoms with van der Waals surface area (Å²) in [5.74, 6) is 1.82. The SMILES string of the molecule is CC.CCCCCOc1ccc(-c2ccc(OC)cc2)cc1. The van der Waals surface area contributed by atoms with Crippen LogP contribution in [-0.2, 0) is 0 Å². The Balaban J connectivity index is 0.00000116. The van der Waals surface area contributed by atoms with Gasteiger partial charge in [0, 0.05) is 0 Å². The topological polar surface area (TPSA) is 18.5 Å². The zero-order valence-corrected chi connectivity index (χ0v) is 14.3. The van der Waals surface area contributed by atoms with Crippen LogP contribution in [0, 0.1) is 0 Å². The van der Waals surface area contributed by atoms with Crippen LogP contribution in [0.1, 0.15) is 40.0 Å². The van der Waals surface area contributed by atoms with Crippen LogP contribution in [0.15, 0.2) is 48.5 Å². The molecule has 0 aliphatic heterocycles. The summed E-state index contributed by atoms with van der Waals surface area (Å²) in [4.78, 5) is 0. The molecule has 0 atom stereocenters. The van der Waals surface area contributed by atoms with Gasteiger partial charge in [0.2, 0.25) is 0 Å². The maximum absolute atomic E-state index is 5.72. The number of unbranched alkanes of at least 4 members (excludes halogenated alkanes) is 2. The van der Waals surface area contributed by atoms with Gasteiger partial charge < -0.3 is 9.47 Å². The quantitative estimate of drug-likeness (QED) is 0.587. The molecule has 0 unspecified atom stereocenters. The van der Waals surface area contributed by atoms with Crippen LogP contribution in [0.4, 0.5) is 0 Å². The molecule has 0 aliphatic carbocycles. The highest BCUT2D eigenvalue weighted by Crippen LogP contribution is 2.24. The molecular weight excluding hydrogens is 272 g/mol. The van der Waals surface area contributed by atoms with Gasteiger partial charge in [0.05, 0.1) is 13.7 Å². The van der Waals surface area contributed by atoms with E-state index in [2.05, 4.69) is 31.2 Å². The minimum atomic E-state index is 0.801. The average Bonchev–Trinajstić information content (AvgIpc) is 2.61. The van der Waals surface area contributed by atoms with E-state index in [-0.39, 0.29) is 0 Å². The first-order valence-electron chi connectivity index (χ1n) is 8.21. The third-order valence-corrected chi connectivity index (χ3v) is 3.29. The first-order chi connectivity index (χ1) is 10.8. The van der Waals surface area contributed by atoms with E-state index in [4.69, 9.17) is 9.47 Å². The molecule has 0 radical (unpaired) electrons. The Hall–Kier alpha value is -1.96. The fourth-order valence-electron chi connectivity index (χ4n) is 2.07. The van der Waals surface area contributed by atoms with E-state index in [1.807, 2.05) is 38.1 Å². The van der Waals surface area contributed by atoms with E-state index in [1.165, 1.54) is 24.0 Å². The zero-order valence-electron chi connectivity index (χ0n) is 14.3. The van der Waals surface area contributed by atoms with Crippen LogP contribution < -0.4 is 9.47 Å². The molecule has 0 spiro atoms. The van der Waals surface area contributed by atoms with Crippen molar-refractivity contribution < 1.29 is 9.47 Å². The van der Waals surface area contributed by atoms with Crippen LogP contribution in [-0.4, -0.2) is 13.7 Å². The van der Waals surface area contributed by atoms with Crippen LogP contribution in [0.5, 0.6) is 11.5 Å². The van der Waals surface area contributed by atoms with Crippen LogP contribution in [0.25, 0.3) is 11.1 Å². The third-order valence-electron chi connectivity index (χ3n) is 3.29. The van der Waals surface area contributed by atoms with E-state index in [0.717, 1.165) is 24.5 Å². The molecule has 120 valence electrons. The van der Waals surface area contributed by atoms with Crippen molar-refractivity contribution in [3.8, 4) is 22.6 Å². The second kappa shape index (κ2) is 10.7. The van der Waals surface area contributed by atoms with E-state index in [0.29, 0.717) is 0 Å². The van der Waals surface area contributed by atoms with Gasteiger partial charge in [0.15, 0.2) is 0 Å². The Kier molecular flexibility index (Phi) is 8.82. The average molecular weight is 300 g/mol. The van der Waals surface area contributed by atoms with Gasteiger partial charge in [-0.25, -0.2) is 0 Å². The van der Waals surface area contributed by atoms with Gasteiger partial charge in [0.1, 0.15) is 11.5 Å². The van der Waals surface area contributed by atoms with Crippen LogP contribution in [0.2, 0.25) is 0 Å². The molecule has 0 bridgehead atoms. The van der Waals surface area contributed by atoms with Crippen molar-refractivity contribution in [1.82, 2.24) is 0 Å². The maximum atomic E-state index is 5.72. The number of hydrogen-bond acceptors (Lipinski definition) is 2. The summed E-state index contributed by atoms with van der Waals surface area (Å²) >= 11 is 0. The van der Waals surface area contributed by atoms with Crippen molar-refractivity contribution in [3.05, 3.63) is 48.5 Å². The summed E-state index contributed by atoms with van der Waals surface area (Å²) in [6.45, 7) is 7.00. The van der Waals surface area contributed by atoms with E-state index in [9.17, 15) is 0 Å². The lowest BCUT2D eigenvalue weighted by atomic mass is 10.1. The molecule has 2 rings (SSSR count). The minimum absolute atomic E-state index is 0.801. The van der Waals surface area contributed by atoms with Crippen molar-refractivity contribution in [2.45, 2.75) is 40.0 Å². The smallest absolute Gasteiger partial charge is 0.119 e. The van der Waals surface area contributed by atoms with E-state index in [1.54, 1.807) is 7.11 Å². The van der Waals surface area contributed by atoms with E-state index >= 15 is 0 Å². The Morgan fingerprint density at radius 2 is 1.23 bits per heavy atom. The molecule has 0 saturated heterocycles. The first-order valence-corrected chi connectivity index (χ1v) is 8.21. The van der Waals surface area contributed by atoms with Crippen molar-refractivity contribution in [2.75, 3.05) is 13.7 Å². The summed E-state index contributed by atoms with van der Waals surface area (Å²) < 4.78 is 10.9. The van der Waals surface area contributed by atoms with Crippen molar-refractivity contribution in [1.29, 1.82) is 0 Å². The van der Waals surface area contributed by atoms with Gasteiger partial charge in [0.25, 0.3) is 0 Å². The Bertz CT molecular complexity index is 500. The van der Waals surface area contributed by atoms with Gasteiger partial charge >= 0.3 is 0 Å². The lowest BCUT2D eigenvalue weighted by molar-refractivity contribution is 0.306. The molecule has 0 aromatic heterocycles. The first kappa shape index (κ1) is 18.1. The normalized spacial score (nSPS) is 9.64. The Labute approximate surface area is 135 Å². The Morgan fingerprint density at radius 1 is 0.727 bits per heavy atom. The molecule has 0 amide bonds. The third kappa shape index (κ3) is 5.80. The van der Waals surface area contributed by atoms with Crippen molar-refractivity contribution >= 4 is 0 Å². The number of ether oxygens (including phenoxy) is 2. The number of hydrogen-bond donors (Lipinski definition) is 0. The van der Waals surface area contributed by atoms with Gasteiger partial charge in [-0.05, 0) is 41.8 Å². The Morgan fingerprint density at radius 3 is 1.68 bits per heavy atom. The minimum Gasteiger partial charge on any atom is -0.497 e. The molecule has 2 nitrogen and oxygen atoms in total. The highest BCUT2D eigenvalue weighted by molar-refractivity contribution is 5.64. The van der Waals surface area contributed by atoms with Gasteiger partial charge in [-0.1, -0.05) is 57.9 Å². The summed E-state index contributed by atoms with van der Waals surface area (Å²) in [5.41, 5.74) is 2.37. The highest BCUT2D eigenvalue weighted by Gasteiger charge is 1.99. The molecule has 22 heavy (non-hydrogen) atoms. The maximum Gasteiger partial charge on any atom is 0.119 e. The summed E-state index contributed by atoms with van der Waals surface area (Å²) in [6, 6.07) is 16.3.